The molecule has 2 nitrogen and oxygen atoms in total. The first-order valence-electron chi connectivity index (χ1n) is 3.88. The van der Waals surface area contributed by atoms with Gasteiger partial charge in [0, 0.05) is 18.0 Å². The molecule has 3 heteroatoms. The van der Waals surface area contributed by atoms with Crippen LogP contribution < -0.4 is 0 Å². The number of benzene rings is 1. The Hall–Kier alpha value is -1.27. The van der Waals surface area contributed by atoms with Crippen molar-refractivity contribution in [3.8, 4) is 6.07 Å². The molecule has 0 bridgehead atoms. The lowest BCUT2D eigenvalue weighted by Crippen LogP contribution is -1.85. The fourth-order valence-electron chi connectivity index (χ4n) is 1.47. The summed E-state index contributed by atoms with van der Waals surface area (Å²) >= 11 is 3.39. The van der Waals surface area contributed by atoms with E-state index in [0.29, 0.717) is 5.56 Å². The minimum Gasteiger partial charge on any atom is -0.337 e. The second-order valence-corrected chi connectivity index (χ2v) is 3.60. The second kappa shape index (κ2) is 2.90. The first-order valence-corrected chi connectivity index (χ1v) is 4.68. The van der Waals surface area contributed by atoms with Gasteiger partial charge in [0.05, 0.1) is 5.56 Å². The molecule has 1 heterocycles. The lowest BCUT2D eigenvalue weighted by Gasteiger charge is -1.94. The quantitative estimate of drug-likeness (QED) is 0.690. The normalized spacial score (nSPS) is 10.2. The highest BCUT2D eigenvalue weighted by molar-refractivity contribution is 9.10. The molecule has 0 atom stereocenters. The van der Waals surface area contributed by atoms with Crippen molar-refractivity contribution in [1.82, 2.24) is 4.57 Å². The summed E-state index contributed by atoms with van der Waals surface area (Å²) in [6.07, 6.45) is 0. The molecule has 0 aliphatic rings. The summed E-state index contributed by atoms with van der Waals surface area (Å²) in [5, 5.41) is 9.94. The van der Waals surface area contributed by atoms with Gasteiger partial charge in [-0.05, 0) is 22.0 Å². The number of hydrogen-bond acceptors (Lipinski definition) is 1. The fraction of sp³-hybridized carbons (Fsp3) is 0.100. The molecule has 0 aliphatic carbocycles. The first-order chi connectivity index (χ1) is 6.25. The highest BCUT2D eigenvalue weighted by Crippen LogP contribution is 2.28. The van der Waals surface area contributed by atoms with Gasteiger partial charge in [0.2, 0.25) is 0 Å². The number of aromatic nitrogens is 1. The minimum atomic E-state index is 0.707. The molecule has 0 spiro atoms. The van der Waals surface area contributed by atoms with Crippen LogP contribution in [0.1, 0.15) is 5.56 Å². The molecule has 64 valence electrons. The van der Waals surface area contributed by atoms with E-state index in [1.165, 1.54) is 0 Å². The van der Waals surface area contributed by atoms with Crippen molar-refractivity contribution in [1.29, 1.82) is 5.26 Å². The zero-order chi connectivity index (χ0) is 9.42. The third kappa shape index (κ3) is 1.06. The van der Waals surface area contributed by atoms with Gasteiger partial charge in [-0.1, -0.05) is 18.2 Å². The van der Waals surface area contributed by atoms with E-state index in [-0.39, 0.29) is 0 Å². The zero-order valence-corrected chi connectivity index (χ0v) is 8.67. The Kier molecular flexibility index (Phi) is 1.86. The molecule has 0 unspecified atom stereocenters. The molecule has 0 N–H and O–H groups in total. The van der Waals surface area contributed by atoms with Crippen molar-refractivity contribution in [2.75, 3.05) is 0 Å². The van der Waals surface area contributed by atoms with Crippen molar-refractivity contribution in [3.63, 3.8) is 0 Å². The van der Waals surface area contributed by atoms with E-state index >= 15 is 0 Å². The largest absolute Gasteiger partial charge is 0.337 e. The van der Waals surface area contributed by atoms with Crippen LogP contribution in [0.15, 0.2) is 28.9 Å². The van der Waals surface area contributed by atoms with Gasteiger partial charge in [0.1, 0.15) is 10.7 Å². The standard InChI is InChI=1S/C10H7BrN2/c1-13-9-5-3-2-4-7(9)8(6-12)10(13)11/h2-5H,1H3. The number of fused-ring (bicyclic) bond motifs is 1. The van der Waals surface area contributed by atoms with Crippen LogP contribution in [0.25, 0.3) is 10.9 Å². The monoisotopic (exact) mass is 234 g/mol. The average Bonchev–Trinajstić information content (AvgIpc) is 2.41. The zero-order valence-electron chi connectivity index (χ0n) is 7.08. The Morgan fingerprint density at radius 3 is 2.77 bits per heavy atom. The minimum absolute atomic E-state index is 0.707. The average molecular weight is 235 g/mol. The van der Waals surface area contributed by atoms with Crippen LogP contribution in [0.3, 0.4) is 0 Å². The summed E-state index contributed by atoms with van der Waals surface area (Å²) in [6, 6.07) is 10.1. The molecular weight excluding hydrogens is 228 g/mol. The summed E-state index contributed by atoms with van der Waals surface area (Å²) in [4.78, 5) is 0. The van der Waals surface area contributed by atoms with Gasteiger partial charge < -0.3 is 4.57 Å². The predicted molar refractivity (Wildman–Crippen MR) is 55.3 cm³/mol. The van der Waals surface area contributed by atoms with Gasteiger partial charge in [-0.15, -0.1) is 0 Å². The summed E-state index contributed by atoms with van der Waals surface area (Å²) in [5.41, 5.74) is 1.78. The van der Waals surface area contributed by atoms with Crippen molar-refractivity contribution in [2.45, 2.75) is 0 Å². The Balaban J connectivity index is 3.00. The topological polar surface area (TPSA) is 28.7 Å². The van der Waals surface area contributed by atoms with E-state index in [1.807, 2.05) is 35.9 Å². The lowest BCUT2D eigenvalue weighted by atomic mass is 10.2. The Labute approximate surface area is 84.5 Å². The smallest absolute Gasteiger partial charge is 0.103 e. The molecule has 0 aliphatic heterocycles. The van der Waals surface area contributed by atoms with Crippen molar-refractivity contribution in [2.24, 2.45) is 7.05 Å². The summed E-state index contributed by atoms with van der Waals surface area (Å²) in [5.74, 6) is 0. The van der Waals surface area contributed by atoms with Gasteiger partial charge >= 0.3 is 0 Å². The summed E-state index contributed by atoms with van der Waals surface area (Å²) < 4.78 is 2.81. The molecule has 0 fully saturated rings. The molecule has 0 radical (unpaired) electrons. The third-order valence-corrected chi connectivity index (χ3v) is 3.08. The number of nitriles is 1. The van der Waals surface area contributed by atoms with Gasteiger partial charge in [-0.25, -0.2) is 0 Å². The van der Waals surface area contributed by atoms with Crippen molar-refractivity contribution >= 4 is 26.8 Å². The number of hydrogen-bond donors (Lipinski definition) is 0. The summed E-state index contributed by atoms with van der Waals surface area (Å²) in [7, 11) is 1.94. The number of aryl methyl sites for hydroxylation is 1. The highest BCUT2D eigenvalue weighted by Gasteiger charge is 2.10. The van der Waals surface area contributed by atoms with E-state index in [4.69, 9.17) is 5.26 Å². The lowest BCUT2D eigenvalue weighted by molar-refractivity contribution is 0.938. The van der Waals surface area contributed by atoms with Crippen molar-refractivity contribution in [3.05, 3.63) is 34.4 Å². The molecule has 0 saturated carbocycles. The highest BCUT2D eigenvalue weighted by atomic mass is 79.9. The van der Waals surface area contributed by atoms with Crippen LogP contribution in [0, 0.1) is 11.3 Å². The van der Waals surface area contributed by atoms with Crippen LogP contribution in [0.4, 0.5) is 0 Å². The van der Waals surface area contributed by atoms with Crippen molar-refractivity contribution < 1.29 is 0 Å². The fourth-order valence-corrected chi connectivity index (χ4v) is 1.96. The number of nitrogens with zero attached hydrogens (tertiary/aromatic N) is 2. The van der Waals surface area contributed by atoms with E-state index < -0.39 is 0 Å². The van der Waals surface area contributed by atoms with E-state index in [9.17, 15) is 0 Å². The molecule has 13 heavy (non-hydrogen) atoms. The van der Waals surface area contributed by atoms with Gasteiger partial charge in [0.15, 0.2) is 0 Å². The number of para-hydroxylation sites is 1. The maximum absolute atomic E-state index is 8.94. The third-order valence-electron chi connectivity index (χ3n) is 2.15. The molecule has 0 saturated heterocycles. The van der Waals surface area contributed by atoms with E-state index in [2.05, 4.69) is 22.0 Å². The Morgan fingerprint density at radius 1 is 1.38 bits per heavy atom. The van der Waals surface area contributed by atoms with E-state index in [1.54, 1.807) is 0 Å². The van der Waals surface area contributed by atoms with Crippen LogP contribution in [0.2, 0.25) is 0 Å². The van der Waals surface area contributed by atoms with Gasteiger partial charge in [0.25, 0.3) is 0 Å². The van der Waals surface area contributed by atoms with Crippen LogP contribution in [-0.2, 0) is 7.05 Å². The first kappa shape index (κ1) is 8.33. The van der Waals surface area contributed by atoms with E-state index in [0.717, 1.165) is 15.5 Å². The molecule has 1 aromatic carbocycles. The Morgan fingerprint density at radius 2 is 2.08 bits per heavy atom. The maximum atomic E-state index is 8.94. The maximum Gasteiger partial charge on any atom is 0.103 e. The number of rotatable bonds is 0. The summed E-state index contributed by atoms with van der Waals surface area (Å²) in [6.45, 7) is 0. The molecule has 1 aromatic heterocycles. The van der Waals surface area contributed by atoms with Gasteiger partial charge in [-0.3, -0.25) is 0 Å². The van der Waals surface area contributed by atoms with Gasteiger partial charge in [-0.2, -0.15) is 5.26 Å². The van der Waals surface area contributed by atoms with Crippen LogP contribution in [-0.4, -0.2) is 4.57 Å². The number of halogens is 1. The Bertz CT molecular complexity index is 505. The molecule has 2 aromatic rings. The SMILES string of the molecule is Cn1c(Br)c(C#N)c2ccccc21. The van der Waals surface area contributed by atoms with Crippen LogP contribution in [0.5, 0.6) is 0 Å². The molecule has 2 rings (SSSR count). The predicted octanol–water partition coefficient (Wildman–Crippen LogP) is 2.81. The van der Waals surface area contributed by atoms with Crippen LogP contribution >= 0.6 is 15.9 Å². The second-order valence-electron chi connectivity index (χ2n) is 2.85. The molecular formula is C10H7BrN2. The molecule has 0 amide bonds.